The molecule has 0 saturated carbocycles. The van der Waals surface area contributed by atoms with E-state index in [0.717, 1.165) is 16.3 Å². The molecule has 0 bridgehead atoms. The molecule has 3 nitrogen and oxygen atoms in total. The van der Waals surface area contributed by atoms with Crippen molar-refractivity contribution in [2.24, 2.45) is 5.73 Å². The molecule has 0 saturated heterocycles. The number of hydrogen-bond acceptors (Lipinski definition) is 2. The normalized spacial score (nSPS) is 10.5. The van der Waals surface area contributed by atoms with Gasteiger partial charge < -0.3 is 10.8 Å². The van der Waals surface area contributed by atoms with Gasteiger partial charge in [0.15, 0.2) is 0 Å². The minimum Gasteiger partial charge on any atom is -0.478 e. The quantitative estimate of drug-likeness (QED) is 0.781. The summed E-state index contributed by atoms with van der Waals surface area (Å²) in [5.74, 6) is -0.903. The number of aromatic carboxylic acids is 1. The van der Waals surface area contributed by atoms with Gasteiger partial charge >= 0.3 is 5.97 Å². The van der Waals surface area contributed by atoms with Crippen LogP contribution >= 0.6 is 0 Å². The van der Waals surface area contributed by atoms with Crippen LogP contribution < -0.4 is 5.73 Å². The summed E-state index contributed by atoms with van der Waals surface area (Å²) >= 11 is 0. The Balaban J connectivity index is 2.59. The lowest BCUT2D eigenvalue weighted by molar-refractivity contribution is 0.0697. The van der Waals surface area contributed by atoms with Crippen molar-refractivity contribution < 1.29 is 9.90 Å². The van der Waals surface area contributed by atoms with E-state index in [4.69, 9.17) is 10.8 Å². The number of fused-ring (bicyclic) bond motifs is 1. The summed E-state index contributed by atoms with van der Waals surface area (Å²) < 4.78 is 0. The number of rotatable bonds is 2. The standard InChI is InChI=1S/C12H11NO2/c13-7-8-1-2-10-6-11(12(14)15)4-3-9(10)5-8/h1-6H,7,13H2,(H,14,15). The van der Waals surface area contributed by atoms with Crippen molar-refractivity contribution in [3.63, 3.8) is 0 Å². The van der Waals surface area contributed by atoms with Gasteiger partial charge in [0.05, 0.1) is 5.56 Å². The zero-order valence-electron chi connectivity index (χ0n) is 8.10. The Kier molecular flexibility index (Phi) is 2.39. The number of hydrogen-bond donors (Lipinski definition) is 2. The number of nitrogens with two attached hydrogens (primary N) is 1. The molecule has 2 aromatic carbocycles. The zero-order valence-corrected chi connectivity index (χ0v) is 8.10. The van der Waals surface area contributed by atoms with Crippen molar-refractivity contribution in [2.75, 3.05) is 0 Å². The monoisotopic (exact) mass is 201 g/mol. The molecule has 0 aliphatic rings. The van der Waals surface area contributed by atoms with Crippen LogP contribution in [0.5, 0.6) is 0 Å². The fourth-order valence-electron chi connectivity index (χ4n) is 1.56. The van der Waals surface area contributed by atoms with E-state index in [1.54, 1.807) is 18.2 Å². The third-order valence-corrected chi connectivity index (χ3v) is 2.39. The summed E-state index contributed by atoms with van der Waals surface area (Å²) in [6, 6.07) is 10.8. The second-order valence-corrected chi connectivity index (χ2v) is 3.41. The van der Waals surface area contributed by atoms with Crippen molar-refractivity contribution in [1.82, 2.24) is 0 Å². The first-order chi connectivity index (χ1) is 7.20. The van der Waals surface area contributed by atoms with Gasteiger partial charge in [0, 0.05) is 6.54 Å². The number of benzene rings is 2. The largest absolute Gasteiger partial charge is 0.478 e. The molecule has 0 aliphatic carbocycles. The van der Waals surface area contributed by atoms with Crippen LogP contribution in [0.25, 0.3) is 10.8 Å². The van der Waals surface area contributed by atoms with Gasteiger partial charge in [0.2, 0.25) is 0 Å². The molecule has 2 rings (SSSR count). The highest BCUT2D eigenvalue weighted by atomic mass is 16.4. The molecule has 3 heteroatoms. The molecule has 0 radical (unpaired) electrons. The Morgan fingerprint density at radius 3 is 2.47 bits per heavy atom. The Hall–Kier alpha value is -1.87. The van der Waals surface area contributed by atoms with Gasteiger partial charge in [0.1, 0.15) is 0 Å². The Morgan fingerprint density at radius 2 is 1.80 bits per heavy atom. The first-order valence-electron chi connectivity index (χ1n) is 4.67. The smallest absolute Gasteiger partial charge is 0.335 e. The minimum absolute atomic E-state index is 0.308. The van der Waals surface area contributed by atoms with Gasteiger partial charge in [-0.15, -0.1) is 0 Å². The van der Waals surface area contributed by atoms with Gasteiger partial charge in [-0.3, -0.25) is 0 Å². The van der Waals surface area contributed by atoms with E-state index in [9.17, 15) is 4.79 Å². The highest BCUT2D eigenvalue weighted by molar-refractivity contribution is 5.94. The molecule has 0 aliphatic heterocycles. The molecule has 15 heavy (non-hydrogen) atoms. The highest BCUT2D eigenvalue weighted by Gasteiger charge is 2.03. The zero-order chi connectivity index (χ0) is 10.8. The fourth-order valence-corrected chi connectivity index (χ4v) is 1.56. The molecule has 0 amide bonds. The summed E-state index contributed by atoms with van der Waals surface area (Å²) in [6.45, 7) is 0.497. The van der Waals surface area contributed by atoms with Gasteiger partial charge in [-0.1, -0.05) is 18.2 Å². The van der Waals surface area contributed by atoms with Crippen molar-refractivity contribution in [3.8, 4) is 0 Å². The van der Waals surface area contributed by atoms with Crippen LogP contribution in [0, 0.1) is 0 Å². The molecule has 0 atom stereocenters. The second kappa shape index (κ2) is 3.71. The lowest BCUT2D eigenvalue weighted by atomic mass is 10.0. The van der Waals surface area contributed by atoms with Crippen molar-refractivity contribution in [1.29, 1.82) is 0 Å². The lowest BCUT2D eigenvalue weighted by Crippen LogP contribution is -1.97. The number of carbonyl (C=O) groups is 1. The van der Waals surface area contributed by atoms with Crippen molar-refractivity contribution in [3.05, 3.63) is 47.5 Å². The predicted molar refractivity (Wildman–Crippen MR) is 58.8 cm³/mol. The van der Waals surface area contributed by atoms with E-state index < -0.39 is 5.97 Å². The number of carboxylic acids is 1. The first-order valence-corrected chi connectivity index (χ1v) is 4.67. The van der Waals surface area contributed by atoms with E-state index in [1.165, 1.54) is 0 Å². The lowest BCUT2D eigenvalue weighted by Gasteiger charge is -2.02. The third-order valence-electron chi connectivity index (χ3n) is 2.39. The SMILES string of the molecule is NCc1ccc2cc(C(=O)O)ccc2c1. The van der Waals surface area contributed by atoms with Gasteiger partial charge in [0.25, 0.3) is 0 Å². The molecule has 0 heterocycles. The number of carboxylic acid groups (broad SMARTS) is 1. The van der Waals surface area contributed by atoms with Crippen molar-refractivity contribution in [2.45, 2.75) is 6.54 Å². The first kappa shape index (κ1) is 9.68. The summed E-state index contributed by atoms with van der Waals surface area (Å²) in [4.78, 5) is 10.7. The van der Waals surface area contributed by atoms with E-state index in [2.05, 4.69) is 0 Å². The average Bonchev–Trinajstić information content (AvgIpc) is 2.27. The minimum atomic E-state index is -0.903. The van der Waals surface area contributed by atoms with E-state index in [0.29, 0.717) is 12.1 Å². The van der Waals surface area contributed by atoms with Crippen LogP contribution in [0.4, 0.5) is 0 Å². The van der Waals surface area contributed by atoms with Crippen LogP contribution in [0.1, 0.15) is 15.9 Å². The van der Waals surface area contributed by atoms with Gasteiger partial charge in [-0.25, -0.2) is 4.79 Å². The summed E-state index contributed by atoms with van der Waals surface area (Å²) in [7, 11) is 0. The summed E-state index contributed by atoms with van der Waals surface area (Å²) in [5, 5.41) is 10.8. The fraction of sp³-hybridized carbons (Fsp3) is 0.0833. The Labute approximate surface area is 87.1 Å². The molecule has 0 fully saturated rings. The summed E-state index contributed by atoms with van der Waals surface area (Å²) in [6.07, 6.45) is 0. The van der Waals surface area contributed by atoms with E-state index in [-0.39, 0.29) is 0 Å². The van der Waals surface area contributed by atoms with E-state index >= 15 is 0 Å². The van der Waals surface area contributed by atoms with Crippen LogP contribution in [0.15, 0.2) is 36.4 Å². The summed E-state index contributed by atoms with van der Waals surface area (Å²) in [5.41, 5.74) is 6.88. The Bertz CT molecular complexity index is 520. The van der Waals surface area contributed by atoms with Crippen LogP contribution in [-0.2, 0) is 6.54 Å². The average molecular weight is 201 g/mol. The van der Waals surface area contributed by atoms with Gasteiger partial charge in [-0.2, -0.15) is 0 Å². The van der Waals surface area contributed by atoms with Crippen LogP contribution in [-0.4, -0.2) is 11.1 Å². The Morgan fingerprint density at radius 1 is 1.13 bits per heavy atom. The van der Waals surface area contributed by atoms with Crippen LogP contribution in [0.3, 0.4) is 0 Å². The maximum Gasteiger partial charge on any atom is 0.335 e. The van der Waals surface area contributed by atoms with E-state index in [1.807, 2.05) is 18.2 Å². The molecule has 3 N–H and O–H groups in total. The highest BCUT2D eigenvalue weighted by Crippen LogP contribution is 2.17. The molecular formula is C12H11NO2. The topological polar surface area (TPSA) is 63.3 Å². The molecule has 0 unspecified atom stereocenters. The van der Waals surface area contributed by atoms with Crippen molar-refractivity contribution >= 4 is 16.7 Å². The maximum absolute atomic E-state index is 10.7. The molecule has 0 spiro atoms. The third kappa shape index (κ3) is 1.82. The molecule has 0 aromatic heterocycles. The van der Waals surface area contributed by atoms with Crippen LogP contribution in [0.2, 0.25) is 0 Å². The second-order valence-electron chi connectivity index (χ2n) is 3.41. The predicted octanol–water partition coefficient (Wildman–Crippen LogP) is 2.00. The molecule has 76 valence electrons. The van der Waals surface area contributed by atoms with Gasteiger partial charge in [-0.05, 0) is 34.5 Å². The maximum atomic E-state index is 10.7. The molecular weight excluding hydrogens is 190 g/mol. The molecule has 2 aromatic rings.